The van der Waals surface area contributed by atoms with Crippen LogP contribution in [-0.4, -0.2) is 41.3 Å². The highest BCUT2D eigenvalue weighted by Gasteiger charge is 2.38. The largest absolute Gasteiger partial charge is 0.504 e. The third-order valence-corrected chi connectivity index (χ3v) is 4.59. The fourth-order valence-electron chi connectivity index (χ4n) is 3.39. The first kappa shape index (κ1) is 16.3. The normalized spacial score (nSPS) is 20.9. The van der Waals surface area contributed by atoms with E-state index in [2.05, 4.69) is 4.90 Å². The van der Waals surface area contributed by atoms with Crippen molar-refractivity contribution < 1.29 is 19.7 Å². The number of likely N-dealkylation sites (tertiary alicyclic amines) is 1. The molecule has 0 aliphatic carbocycles. The highest BCUT2D eigenvalue weighted by molar-refractivity contribution is 5.72. The Labute approximate surface area is 141 Å². The van der Waals surface area contributed by atoms with E-state index in [4.69, 9.17) is 4.74 Å². The molecule has 2 aromatic rings. The Hall–Kier alpha value is -2.53. The van der Waals surface area contributed by atoms with Crippen LogP contribution in [0.5, 0.6) is 11.5 Å². The Morgan fingerprint density at radius 3 is 2.58 bits per heavy atom. The van der Waals surface area contributed by atoms with Gasteiger partial charge in [-0.2, -0.15) is 0 Å². The van der Waals surface area contributed by atoms with Crippen molar-refractivity contribution in [2.24, 2.45) is 5.92 Å². The van der Waals surface area contributed by atoms with E-state index in [1.54, 1.807) is 12.1 Å². The summed E-state index contributed by atoms with van der Waals surface area (Å²) in [5, 5.41) is 19.5. The first-order valence-electron chi connectivity index (χ1n) is 7.94. The number of rotatable bonds is 5. The van der Waals surface area contributed by atoms with Crippen molar-refractivity contribution in [2.45, 2.75) is 12.5 Å². The summed E-state index contributed by atoms with van der Waals surface area (Å²) in [6, 6.07) is 15.1. The molecule has 2 atom stereocenters. The molecule has 0 bridgehead atoms. The topological polar surface area (TPSA) is 70.0 Å². The maximum absolute atomic E-state index is 11.6. The van der Waals surface area contributed by atoms with E-state index in [1.165, 1.54) is 7.11 Å². The van der Waals surface area contributed by atoms with Crippen LogP contribution in [0.1, 0.15) is 17.0 Å². The predicted molar refractivity (Wildman–Crippen MR) is 90.2 cm³/mol. The molecule has 1 fully saturated rings. The van der Waals surface area contributed by atoms with Gasteiger partial charge in [0.2, 0.25) is 0 Å². The summed E-state index contributed by atoms with van der Waals surface area (Å²) in [6.45, 7) is 1.79. The molecule has 2 unspecified atom stereocenters. The van der Waals surface area contributed by atoms with Crippen molar-refractivity contribution in [3.8, 4) is 11.5 Å². The summed E-state index contributed by atoms with van der Waals surface area (Å²) in [4.78, 5) is 13.8. The van der Waals surface area contributed by atoms with E-state index in [0.717, 1.165) is 11.1 Å². The summed E-state index contributed by atoms with van der Waals surface area (Å²) < 4.78 is 5.05. The number of ether oxygens (including phenoxy) is 1. The third kappa shape index (κ3) is 3.36. The molecular formula is C19H21NO4. The average Bonchev–Trinajstić information content (AvgIpc) is 3.00. The van der Waals surface area contributed by atoms with E-state index < -0.39 is 11.9 Å². The summed E-state index contributed by atoms with van der Waals surface area (Å²) in [6.07, 6.45) is 0. The summed E-state index contributed by atoms with van der Waals surface area (Å²) in [5.41, 5.74) is 2.00. The molecule has 2 N–H and O–H groups in total. The molecule has 1 aliphatic heterocycles. The van der Waals surface area contributed by atoms with Gasteiger partial charge in [-0.1, -0.05) is 36.4 Å². The molecule has 0 radical (unpaired) electrons. The number of hydrogen-bond donors (Lipinski definition) is 2. The van der Waals surface area contributed by atoms with Gasteiger partial charge in [-0.15, -0.1) is 0 Å². The number of phenols is 1. The molecule has 3 rings (SSSR count). The van der Waals surface area contributed by atoms with Gasteiger partial charge in [0.05, 0.1) is 13.0 Å². The van der Waals surface area contributed by atoms with E-state index >= 15 is 0 Å². The van der Waals surface area contributed by atoms with Gasteiger partial charge in [-0.3, -0.25) is 9.69 Å². The second kappa shape index (κ2) is 6.93. The minimum Gasteiger partial charge on any atom is -0.504 e. The first-order chi connectivity index (χ1) is 11.6. The van der Waals surface area contributed by atoms with Crippen LogP contribution >= 0.6 is 0 Å². The highest BCUT2D eigenvalue weighted by Crippen LogP contribution is 2.34. The lowest BCUT2D eigenvalue weighted by Gasteiger charge is -2.16. The van der Waals surface area contributed by atoms with Gasteiger partial charge in [-0.05, 0) is 23.3 Å². The summed E-state index contributed by atoms with van der Waals surface area (Å²) in [7, 11) is 1.51. The number of aromatic hydroxyl groups is 1. The number of carbonyl (C=O) groups is 1. The average molecular weight is 327 g/mol. The van der Waals surface area contributed by atoms with Crippen molar-refractivity contribution >= 4 is 5.97 Å². The molecule has 1 aliphatic rings. The molecule has 1 saturated heterocycles. The summed E-state index contributed by atoms with van der Waals surface area (Å²) in [5.74, 6) is -0.659. The predicted octanol–water partition coefficient (Wildman–Crippen LogP) is 2.70. The number of hydrogen-bond acceptors (Lipinski definition) is 4. The fraction of sp³-hybridized carbons (Fsp3) is 0.316. The van der Waals surface area contributed by atoms with Gasteiger partial charge < -0.3 is 14.9 Å². The van der Waals surface area contributed by atoms with Crippen molar-refractivity contribution in [3.63, 3.8) is 0 Å². The molecule has 24 heavy (non-hydrogen) atoms. The van der Waals surface area contributed by atoms with E-state index in [-0.39, 0.29) is 11.7 Å². The number of carboxylic acids is 1. The number of aliphatic carboxylic acids is 1. The number of methoxy groups -OCH3 is 1. The van der Waals surface area contributed by atoms with Gasteiger partial charge in [0.15, 0.2) is 11.5 Å². The minimum atomic E-state index is -0.760. The molecule has 126 valence electrons. The molecule has 0 aromatic heterocycles. The Morgan fingerprint density at radius 1 is 1.21 bits per heavy atom. The molecule has 5 heteroatoms. The Kier molecular flexibility index (Phi) is 4.71. The van der Waals surface area contributed by atoms with Gasteiger partial charge in [0.1, 0.15) is 0 Å². The van der Waals surface area contributed by atoms with Crippen LogP contribution < -0.4 is 4.74 Å². The van der Waals surface area contributed by atoms with Gasteiger partial charge in [0, 0.05) is 25.6 Å². The van der Waals surface area contributed by atoms with Gasteiger partial charge >= 0.3 is 5.97 Å². The van der Waals surface area contributed by atoms with Crippen LogP contribution in [0.25, 0.3) is 0 Å². The van der Waals surface area contributed by atoms with Crippen LogP contribution in [0.4, 0.5) is 0 Å². The van der Waals surface area contributed by atoms with Crippen molar-refractivity contribution in [2.75, 3.05) is 20.2 Å². The molecular weight excluding hydrogens is 306 g/mol. The molecule has 0 amide bonds. The number of nitrogens with zero attached hydrogens (tertiary/aromatic N) is 1. The molecule has 1 heterocycles. The van der Waals surface area contributed by atoms with Crippen molar-refractivity contribution in [1.29, 1.82) is 0 Å². The van der Waals surface area contributed by atoms with E-state index in [9.17, 15) is 15.0 Å². The Balaban J connectivity index is 1.76. The molecule has 0 spiro atoms. The smallest absolute Gasteiger partial charge is 0.308 e. The van der Waals surface area contributed by atoms with Gasteiger partial charge in [-0.25, -0.2) is 0 Å². The van der Waals surface area contributed by atoms with E-state index in [0.29, 0.717) is 25.4 Å². The maximum atomic E-state index is 11.6. The second-order valence-corrected chi connectivity index (χ2v) is 6.16. The zero-order chi connectivity index (χ0) is 17.1. The standard InChI is InChI=1S/C19H21NO4/c1-24-18-8-7-13(9-17(18)21)10-20-11-15(16(12-20)19(22)23)14-5-3-2-4-6-14/h2-9,15-16,21H,10-12H2,1H3,(H,22,23). The lowest BCUT2D eigenvalue weighted by Crippen LogP contribution is -2.23. The number of carboxylic acid groups (broad SMARTS) is 1. The zero-order valence-corrected chi connectivity index (χ0v) is 13.6. The lowest BCUT2D eigenvalue weighted by molar-refractivity contribution is -0.141. The van der Waals surface area contributed by atoms with E-state index in [1.807, 2.05) is 36.4 Å². The van der Waals surface area contributed by atoms with Gasteiger partial charge in [0.25, 0.3) is 0 Å². The molecule has 2 aromatic carbocycles. The number of phenolic OH excluding ortho intramolecular Hbond substituents is 1. The third-order valence-electron chi connectivity index (χ3n) is 4.59. The van der Waals surface area contributed by atoms with Crippen molar-refractivity contribution in [1.82, 2.24) is 4.90 Å². The minimum absolute atomic E-state index is 0.0180. The van der Waals surface area contributed by atoms with Crippen LogP contribution in [0, 0.1) is 5.92 Å². The van der Waals surface area contributed by atoms with Crippen LogP contribution in [0.15, 0.2) is 48.5 Å². The highest BCUT2D eigenvalue weighted by atomic mass is 16.5. The lowest BCUT2D eigenvalue weighted by atomic mass is 9.89. The zero-order valence-electron chi connectivity index (χ0n) is 13.6. The Morgan fingerprint density at radius 2 is 1.96 bits per heavy atom. The quantitative estimate of drug-likeness (QED) is 0.883. The maximum Gasteiger partial charge on any atom is 0.308 e. The number of benzene rings is 2. The van der Waals surface area contributed by atoms with Crippen molar-refractivity contribution in [3.05, 3.63) is 59.7 Å². The van der Waals surface area contributed by atoms with Crippen LogP contribution in [0.3, 0.4) is 0 Å². The molecule has 5 nitrogen and oxygen atoms in total. The second-order valence-electron chi connectivity index (χ2n) is 6.16. The first-order valence-corrected chi connectivity index (χ1v) is 7.94. The summed E-state index contributed by atoms with van der Waals surface area (Å²) >= 11 is 0. The van der Waals surface area contributed by atoms with Crippen LogP contribution in [-0.2, 0) is 11.3 Å². The SMILES string of the molecule is COc1ccc(CN2CC(C(=O)O)C(c3ccccc3)C2)cc1O. The molecule has 0 saturated carbocycles. The van der Waals surface area contributed by atoms with Crippen LogP contribution in [0.2, 0.25) is 0 Å². The Bertz CT molecular complexity index is 717. The monoisotopic (exact) mass is 327 g/mol. The fourth-order valence-corrected chi connectivity index (χ4v) is 3.39.